The van der Waals surface area contributed by atoms with Crippen LogP contribution in [0.4, 0.5) is 32.3 Å². The summed E-state index contributed by atoms with van der Waals surface area (Å²) in [5.41, 5.74) is 1.10. The quantitative estimate of drug-likeness (QED) is 0.126. The highest BCUT2D eigenvalue weighted by Crippen LogP contribution is 2.39. The molecule has 0 spiro atoms. The summed E-state index contributed by atoms with van der Waals surface area (Å²) in [5, 5.41) is 0. The first-order valence-corrected chi connectivity index (χ1v) is 16.0. The zero-order valence-corrected chi connectivity index (χ0v) is 28.3. The van der Waals surface area contributed by atoms with Gasteiger partial charge in [0.2, 0.25) is 5.95 Å². The monoisotopic (exact) mass is 743 g/mol. The normalized spacial score (nSPS) is 11.9. The van der Waals surface area contributed by atoms with Gasteiger partial charge >= 0.3 is 12.4 Å². The zero-order valence-electron chi connectivity index (χ0n) is 26.7. The van der Waals surface area contributed by atoms with E-state index in [1.165, 1.54) is 17.3 Å². The maximum atomic E-state index is 13.8. The van der Waals surface area contributed by atoms with Crippen LogP contribution in [0.2, 0.25) is 0 Å². The molecule has 12 heteroatoms. The number of ether oxygens (including phenoxy) is 2. The van der Waals surface area contributed by atoms with Crippen molar-refractivity contribution >= 4 is 21.9 Å². The number of anilines is 1. The van der Waals surface area contributed by atoms with Gasteiger partial charge in [-0.2, -0.15) is 26.3 Å². The third-order valence-corrected chi connectivity index (χ3v) is 8.19. The predicted molar refractivity (Wildman–Crippen MR) is 179 cm³/mol. The number of methoxy groups -OCH3 is 1. The zero-order chi connectivity index (χ0) is 35.3. The summed E-state index contributed by atoms with van der Waals surface area (Å²) in [6, 6.07) is 22.4. The van der Waals surface area contributed by atoms with Crippen molar-refractivity contribution in [2.45, 2.75) is 51.8 Å². The van der Waals surface area contributed by atoms with Gasteiger partial charge in [-0.25, -0.2) is 9.97 Å². The lowest BCUT2D eigenvalue weighted by Gasteiger charge is -2.26. The molecule has 5 nitrogen and oxygen atoms in total. The van der Waals surface area contributed by atoms with Crippen molar-refractivity contribution in [1.29, 1.82) is 0 Å². The van der Waals surface area contributed by atoms with Gasteiger partial charge in [-0.3, -0.25) is 0 Å². The lowest BCUT2D eigenvalue weighted by Crippen LogP contribution is -2.25. The van der Waals surface area contributed by atoms with E-state index in [-0.39, 0.29) is 43.2 Å². The first-order valence-electron chi connectivity index (χ1n) is 15.2. The molecule has 0 saturated carbocycles. The van der Waals surface area contributed by atoms with E-state index in [0.717, 1.165) is 34.4 Å². The van der Waals surface area contributed by atoms with Crippen LogP contribution in [-0.4, -0.2) is 17.1 Å². The highest BCUT2D eigenvalue weighted by atomic mass is 79.9. The fourth-order valence-corrected chi connectivity index (χ4v) is 5.50. The van der Waals surface area contributed by atoms with E-state index in [4.69, 9.17) is 9.47 Å². The molecule has 0 saturated heterocycles. The second kappa shape index (κ2) is 14.9. The van der Waals surface area contributed by atoms with Gasteiger partial charge < -0.3 is 14.4 Å². The highest BCUT2D eigenvalue weighted by Gasteiger charge is 2.37. The van der Waals surface area contributed by atoms with Gasteiger partial charge in [0.25, 0.3) is 0 Å². The first kappa shape index (κ1) is 35.7. The van der Waals surface area contributed by atoms with Crippen LogP contribution in [-0.2, 0) is 32.0 Å². The summed E-state index contributed by atoms with van der Waals surface area (Å²) in [6.07, 6.45) is -7.08. The van der Waals surface area contributed by atoms with E-state index < -0.39 is 23.5 Å². The van der Waals surface area contributed by atoms with E-state index in [9.17, 15) is 26.3 Å². The van der Waals surface area contributed by atoms with Gasteiger partial charge in [-0.1, -0.05) is 56.3 Å². The maximum absolute atomic E-state index is 13.8. The van der Waals surface area contributed by atoms with Gasteiger partial charge in [0, 0.05) is 31.0 Å². The number of aromatic nitrogens is 2. The van der Waals surface area contributed by atoms with Crippen molar-refractivity contribution in [3.63, 3.8) is 0 Å². The largest absolute Gasteiger partial charge is 0.496 e. The molecular formula is C37H32BrF6N3O2. The topological polar surface area (TPSA) is 47.5 Å². The number of halogens is 7. The van der Waals surface area contributed by atoms with E-state index >= 15 is 0 Å². The molecular weight excluding hydrogens is 712 g/mol. The lowest BCUT2D eigenvalue weighted by atomic mass is 9.93. The van der Waals surface area contributed by atoms with E-state index in [1.54, 1.807) is 13.2 Å². The van der Waals surface area contributed by atoms with E-state index in [1.807, 2.05) is 60.7 Å². The Morgan fingerprint density at radius 2 is 1.39 bits per heavy atom. The van der Waals surface area contributed by atoms with Crippen LogP contribution in [0, 0.1) is 0 Å². The van der Waals surface area contributed by atoms with Gasteiger partial charge in [-0.15, -0.1) is 0 Å². The lowest BCUT2D eigenvalue weighted by molar-refractivity contribution is -0.143. The summed E-state index contributed by atoms with van der Waals surface area (Å²) >= 11 is 3.29. The molecule has 0 amide bonds. The molecule has 49 heavy (non-hydrogen) atoms. The minimum absolute atomic E-state index is 0.00778. The molecule has 0 bridgehead atoms. The minimum atomic E-state index is -5.00. The van der Waals surface area contributed by atoms with E-state index in [0.29, 0.717) is 21.5 Å². The van der Waals surface area contributed by atoms with Crippen LogP contribution in [0.25, 0.3) is 11.1 Å². The third kappa shape index (κ3) is 9.11. The first-order chi connectivity index (χ1) is 23.2. The van der Waals surface area contributed by atoms with Crippen molar-refractivity contribution in [3.05, 3.63) is 135 Å². The average molecular weight is 745 g/mol. The Morgan fingerprint density at radius 3 is 1.98 bits per heavy atom. The molecule has 5 rings (SSSR count). The molecule has 0 unspecified atom stereocenters. The summed E-state index contributed by atoms with van der Waals surface area (Å²) in [7, 11) is 1.55. The molecule has 256 valence electrons. The number of rotatable bonds is 11. The summed E-state index contributed by atoms with van der Waals surface area (Å²) in [6.45, 7) is 4.02. The Kier molecular flexibility index (Phi) is 10.9. The van der Waals surface area contributed by atoms with Crippen molar-refractivity contribution in [2.75, 3.05) is 12.0 Å². The second-order valence-electron chi connectivity index (χ2n) is 11.7. The second-order valence-corrected chi connectivity index (χ2v) is 12.6. The van der Waals surface area contributed by atoms with Crippen LogP contribution >= 0.6 is 15.9 Å². The van der Waals surface area contributed by atoms with Crippen LogP contribution < -0.4 is 14.4 Å². The smallest absolute Gasteiger partial charge is 0.416 e. The summed E-state index contributed by atoms with van der Waals surface area (Å²) in [4.78, 5) is 10.2. The summed E-state index contributed by atoms with van der Waals surface area (Å²) in [5.74, 6) is 1.39. The number of hydrogen-bond acceptors (Lipinski definition) is 5. The Bertz CT molecular complexity index is 1850. The maximum Gasteiger partial charge on any atom is 0.416 e. The fourth-order valence-electron chi connectivity index (χ4n) is 5.29. The van der Waals surface area contributed by atoms with Crippen molar-refractivity contribution < 1.29 is 35.8 Å². The van der Waals surface area contributed by atoms with Gasteiger partial charge in [0.15, 0.2) is 0 Å². The molecule has 0 N–H and O–H groups in total. The number of benzene rings is 4. The van der Waals surface area contributed by atoms with Crippen LogP contribution in [0.3, 0.4) is 0 Å². The molecule has 0 aliphatic carbocycles. The highest BCUT2D eigenvalue weighted by molar-refractivity contribution is 9.10. The van der Waals surface area contributed by atoms with Gasteiger partial charge in [-0.05, 0) is 92.1 Å². The van der Waals surface area contributed by atoms with Crippen molar-refractivity contribution in [3.8, 4) is 22.6 Å². The number of alkyl halides is 6. The molecule has 0 atom stereocenters. The third-order valence-electron chi connectivity index (χ3n) is 7.78. The Labute approximate surface area is 288 Å². The Hall–Kier alpha value is -4.58. The molecule has 4 aromatic carbocycles. The van der Waals surface area contributed by atoms with Crippen molar-refractivity contribution in [1.82, 2.24) is 9.97 Å². The van der Waals surface area contributed by atoms with E-state index in [2.05, 4.69) is 39.7 Å². The molecule has 0 radical (unpaired) electrons. The fraction of sp³-hybridized carbons (Fsp3) is 0.243. The molecule has 0 aliphatic rings. The van der Waals surface area contributed by atoms with Crippen LogP contribution in [0.1, 0.15) is 53.1 Å². The van der Waals surface area contributed by atoms with Crippen LogP contribution in [0.5, 0.6) is 11.5 Å². The molecule has 1 heterocycles. The van der Waals surface area contributed by atoms with Gasteiger partial charge in [0.05, 0.1) is 22.7 Å². The van der Waals surface area contributed by atoms with Gasteiger partial charge in [0.1, 0.15) is 18.1 Å². The Morgan fingerprint density at radius 1 is 0.735 bits per heavy atom. The Balaban J connectivity index is 1.64. The molecule has 0 fully saturated rings. The average Bonchev–Trinajstić information content (AvgIpc) is 3.07. The molecule has 5 aromatic rings. The number of nitrogens with zero attached hydrogens (tertiary/aromatic N) is 3. The minimum Gasteiger partial charge on any atom is -0.496 e. The predicted octanol–water partition coefficient (Wildman–Crippen LogP) is 10.9. The summed E-state index contributed by atoms with van der Waals surface area (Å²) < 4.78 is 95.2. The number of hydrogen-bond donors (Lipinski definition) is 0. The van der Waals surface area contributed by atoms with Crippen LogP contribution in [0.15, 0.2) is 102 Å². The molecule has 0 aliphatic heterocycles. The SMILES string of the molecule is COc1ccc(C(C)C)cc1-c1ccc(OCc2ccccc2)cc1CN(Cc1cc(C(F)(F)F)cc(C(F)(F)F)c1)c1ncc(Br)cn1. The molecule has 1 aromatic heterocycles. The standard InChI is InChI=1S/C37H32BrF6N3O2/c1-23(2)26-9-12-34(48-3)33(16-26)32-11-10-31(49-22-24-7-5-4-6-8-24)15-27(32)21-47(35-45-18-30(38)19-46-35)20-25-13-28(36(39,40)41)17-29(14-25)37(42,43)44/h4-19,23H,20-22H2,1-3H3. The van der Waals surface area contributed by atoms with Crippen molar-refractivity contribution in [2.24, 2.45) is 0 Å².